The van der Waals surface area contributed by atoms with E-state index < -0.39 is 23.5 Å². The van der Waals surface area contributed by atoms with Gasteiger partial charge >= 0.3 is 0 Å². The molecule has 0 bridgehead atoms. The molecule has 2 aromatic carbocycles. The van der Waals surface area contributed by atoms with E-state index in [0.29, 0.717) is 5.56 Å². The number of carbonyl (C=O) groups is 2. The molecule has 1 atom stereocenters. The van der Waals surface area contributed by atoms with Crippen LogP contribution in [0.4, 0.5) is 4.39 Å². The third-order valence-corrected chi connectivity index (χ3v) is 6.05. The molecule has 2 fully saturated rings. The number of amides is 1. The number of likely N-dealkylation sites (tertiary alicyclic amines) is 1. The number of hydrogen-bond acceptors (Lipinski definition) is 3. The van der Waals surface area contributed by atoms with E-state index in [1.165, 1.54) is 11.0 Å². The van der Waals surface area contributed by atoms with Crippen molar-refractivity contribution in [2.75, 3.05) is 0 Å². The molecule has 0 radical (unpaired) electrons. The van der Waals surface area contributed by atoms with Crippen LogP contribution in [0.25, 0.3) is 5.76 Å². The molecule has 1 unspecified atom stereocenters. The van der Waals surface area contributed by atoms with Gasteiger partial charge in [-0.15, -0.1) is 0 Å². The van der Waals surface area contributed by atoms with Gasteiger partial charge < -0.3 is 10.0 Å². The zero-order valence-electron chi connectivity index (χ0n) is 16.6. The largest absolute Gasteiger partial charge is 0.507 e. The monoisotopic (exact) mass is 393 g/mol. The molecule has 4 rings (SSSR count). The van der Waals surface area contributed by atoms with Crippen LogP contribution in [0.2, 0.25) is 0 Å². The summed E-state index contributed by atoms with van der Waals surface area (Å²) < 4.78 is 14.8. The van der Waals surface area contributed by atoms with E-state index in [1.807, 2.05) is 26.0 Å². The molecule has 1 saturated heterocycles. The van der Waals surface area contributed by atoms with E-state index in [0.717, 1.165) is 36.8 Å². The number of aliphatic hydroxyl groups excluding tert-OH is 1. The standard InChI is InChI=1S/C24H24FNO3/c1-14-11-12-15(2)18(13-14)22(27)20-21(17-9-5-6-10-19(17)25)26(24(29)23(20)28)16-7-3-4-8-16/h5-6,9-13,16,21,27H,3-4,7-8H2,1-2H3/b22-20+. The number of hydrogen-bond donors (Lipinski definition) is 1. The number of nitrogens with zero attached hydrogens (tertiary/aromatic N) is 1. The van der Waals surface area contributed by atoms with E-state index in [1.54, 1.807) is 24.3 Å². The second-order valence-electron chi connectivity index (χ2n) is 7.98. The number of Topliss-reactive ketones (excluding diaryl/α,β-unsaturated/α-hetero) is 1. The second kappa shape index (κ2) is 7.47. The molecule has 0 aromatic heterocycles. The Labute approximate surface area is 169 Å². The molecule has 1 amide bonds. The average Bonchev–Trinajstić information content (AvgIpc) is 3.31. The number of ketones is 1. The van der Waals surface area contributed by atoms with Crippen molar-refractivity contribution in [2.45, 2.75) is 51.6 Å². The van der Waals surface area contributed by atoms with Gasteiger partial charge in [-0.05, 0) is 44.4 Å². The van der Waals surface area contributed by atoms with Crippen molar-refractivity contribution in [3.8, 4) is 0 Å². The van der Waals surface area contributed by atoms with Crippen LogP contribution in [0.15, 0.2) is 48.0 Å². The van der Waals surface area contributed by atoms with Crippen molar-refractivity contribution in [2.24, 2.45) is 0 Å². The Morgan fingerprint density at radius 3 is 2.45 bits per heavy atom. The van der Waals surface area contributed by atoms with Crippen LogP contribution in [0.3, 0.4) is 0 Å². The summed E-state index contributed by atoms with van der Waals surface area (Å²) in [5, 5.41) is 11.2. The lowest BCUT2D eigenvalue weighted by molar-refractivity contribution is -0.141. The molecule has 4 nitrogen and oxygen atoms in total. The van der Waals surface area contributed by atoms with Crippen molar-refractivity contribution < 1.29 is 19.1 Å². The highest BCUT2D eigenvalue weighted by molar-refractivity contribution is 6.46. The highest BCUT2D eigenvalue weighted by Crippen LogP contribution is 2.44. The fourth-order valence-electron chi connectivity index (χ4n) is 4.55. The van der Waals surface area contributed by atoms with Crippen molar-refractivity contribution in [3.63, 3.8) is 0 Å². The molecule has 1 heterocycles. The van der Waals surface area contributed by atoms with Crippen molar-refractivity contribution >= 4 is 17.4 Å². The second-order valence-corrected chi connectivity index (χ2v) is 7.98. The summed E-state index contributed by atoms with van der Waals surface area (Å²) in [5.74, 6) is -2.13. The average molecular weight is 393 g/mol. The fourth-order valence-corrected chi connectivity index (χ4v) is 4.55. The lowest BCUT2D eigenvalue weighted by Gasteiger charge is -2.31. The first-order chi connectivity index (χ1) is 13.9. The smallest absolute Gasteiger partial charge is 0.295 e. The Balaban J connectivity index is 1.95. The number of aliphatic hydroxyl groups is 1. The van der Waals surface area contributed by atoms with Gasteiger partial charge in [0.2, 0.25) is 0 Å². The zero-order valence-corrected chi connectivity index (χ0v) is 16.6. The zero-order chi connectivity index (χ0) is 20.7. The van der Waals surface area contributed by atoms with E-state index in [9.17, 15) is 19.1 Å². The molecule has 0 spiro atoms. The van der Waals surface area contributed by atoms with Crippen LogP contribution in [0.1, 0.15) is 54.0 Å². The van der Waals surface area contributed by atoms with Gasteiger partial charge in [0.15, 0.2) is 0 Å². The van der Waals surface area contributed by atoms with Crippen LogP contribution in [0, 0.1) is 19.7 Å². The summed E-state index contributed by atoms with van der Waals surface area (Å²) in [6.07, 6.45) is 3.49. The molecular weight excluding hydrogens is 369 g/mol. The Morgan fingerprint density at radius 1 is 1.07 bits per heavy atom. The molecule has 1 N–H and O–H groups in total. The first-order valence-corrected chi connectivity index (χ1v) is 10.0. The van der Waals surface area contributed by atoms with Crippen molar-refractivity contribution in [1.29, 1.82) is 0 Å². The van der Waals surface area contributed by atoms with Crippen LogP contribution in [-0.2, 0) is 9.59 Å². The molecule has 1 aliphatic carbocycles. The molecular formula is C24H24FNO3. The lowest BCUT2D eigenvalue weighted by atomic mass is 9.92. The predicted molar refractivity (Wildman–Crippen MR) is 109 cm³/mol. The van der Waals surface area contributed by atoms with Gasteiger partial charge in [-0.1, -0.05) is 48.7 Å². The first kappa shape index (κ1) is 19.4. The van der Waals surface area contributed by atoms with Crippen molar-refractivity contribution in [3.05, 3.63) is 76.1 Å². The summed E-state index contributed by atoms with van der Waals surface area (Å²) in [6.45, 7) is 3.72. The van der Waals surface area contributed by atoms with Crippen molar-refractivity contribution in [1.82, 2.24) is 4.90 Å². The minimum absolute atomic E-state index is 0.0271. The normalized spacial score (nSPS) is 21.9. The summed E-state index contributed by atoms with van der Waals surface area (Å²) in [4.78, 5) is 27.5. The van der Waals surface area contributed by atoms with Crippen LogP contribution < -0.4 is 0 Å². The van der Waals surface area contributed by atoms with E-state index in [2.05, 4.69) is 0 Å². The van der Waals surface area contributed by atoms with E-state index >= 15 is 0 Å². The minimum Gasteiger partial charge on any atom is -0.507 e. The van der Waals surface area contributed by atoms with Gasteiger partial charge in [-0.2, -0.15) is 0 Å². The molecule has 1 aliphatic heterocycles. The summed E-state index contributed by atoms with van der Waals surface area (Å²) in [6, 6.07) is 10.7. The molecule has 2 aromatic rings. The third-order valence-electron chi connectivity index (χ3n) is 6.05. The van der Waals surface area contributed by atoms with Gasteiger partial charge in [-0.3, -0.25) is 9.59 Å². The molecule has 150 valence electrons. The third kappa shape index (κ3) is 3.24. The first-order valence-electron chi connectivity index (χ1n) is 10.0. The SMILES string of the molecule is Cc1ccc(C)c(/C(O)=C2\C(=O)C(=O)N(C3CCCC3)C2c2ccccc2F)c1. The number of carbonyl (C=O) groups excluding carboxylic acids is 2. The van der Waals surface area contributed by atoms with Gasteiger partial charge in [0.1, 0.15) is 11.6 Å². The predicted octanol–water partition coefficient (Wildman–Crippen LogP) is 4.81. The fraction of sp³-hybridized carbons (Fsp3) is 0.333. The van der Waals surface area contributed by atoms with Gasteiger partial charge in [-0.25, -0.2) is 4.39 Å². The highest BCUT2D eigenvalue weighted by atomic mass is 19.1. The number of aryl methyl sites for hydroxylation is 2. The highest BCUT2D eigenvalue weighted by Gasteiger charge is 2.50. The minimum atomic E-state index is -0.917. The number of halogens is 1. The topological polar surface area (TPSA) is 57.6 Å². The molecule has 5 heteroatoms. The number of rotatable bonds is 3. The Morgan fingerprint density at radius 2 is 1.76 bits per heavy atom. The Kier molecular flexibility index (Phi) is 4.99. The van der Waals surface area contributed by atoms with E-state index in [4.69, 9.17) is 0 Å². The Hall–Kier alpha value is -2.95. The Bertz CT molecular complexity index is 1020. The van der Waals surface area contributed by atoms with Gasteiger partial charge in [0, 0.05) is 17.2 Å². The lowest BCUT2D eigenvalue weighted by Crippen LogP contribution is -2.38. The molecule has 29 heavy (non-hydrogen) atoms. The van der Waals surface area contributed by atoms with Gasteiger partial charge in [0.25, 0.3) is 11.7 Å². The van der Waals surface area contributed by atoms with Crippen LogP contribution >= 0.6 is 0 Å². The summed E-state index contributed by atoms with van der Waals surface area (Å²) >= 11 is 0. The van der Waals surface area contributed by atoms with Gasteiger partial charge in [0.05, 0.1) is 11.6 Å². The molecule has 2 aliphatic rings. The maximum Gasteiger partial charge on any atom is 0.295 e. The maximum atomic E-state index is 14.8. The van der Waals surface area contributed by atoms with E-state index in [-0.39, 0.29) is 22.9 Å². The quantitative estimate of drug-likeness (QED) is 0.463. The van der Waals surface area contributed by atoms with Crippen LogP contribution in [0.5, 0.6) is 0 Å². The summed E-state index contributed by atoms with van der Waals surface area (Å²) in [5.41, 5.74) is 2.42. The van der Waals surface area contributed by atoms with Crippen LogP contribution in [-0.4, -0.2) is 27.7 Å². The maximum absolute atomic E-state index is 14.8. The molecule has 1 saturated carbocycles. The summed E-state index contributed by atoms with van der Waals surface area (Å²) in [7, 11) is 0. The number of benzene rings is 2.